The highest BCUT2D eigenvalue weighted by Crippen LogP contribution is 2.29. The molecule has 0 amide bonds. The van der Waals surface area contributed by atoms with Crippen molar-refractivity contribution >= 4 is 27.8 Å². The van der Waals surface area contributed by atoms with Gasteiger partial charge in [0.2, 0.25) is 0 Å². The topological polar surface area (TPSA) is 35.5 Å². The van der Waals surface area contributed by atoms with Crippen LogP contribution in [0.25, 0.3) is 6.08 Å². The van der Waals surface area contributed by atoms with E-state index in [0.29, 0.717) is 23.7 Å². The lowest BCUT2D eigenvalue weighted by molar-refractivity contribution is 0.104. The van der Waals surface area contributed by atoms with Gasteiger partial charge in [0.15, 0.2) is 17.3 Å². The third-order valence-electron chi connectivity index (χ3n) is 3.98. The molecule has 3 nitrogen and oxygen atoms in total. The lowest BCUT2D eigenvalue weighted by Crippen LogP contribution is -1.98. The molecule has 0 N–H and O–H groups in total. The van der Waals surface area contributed by atoms with Crippen LogP contribution < -0.4 is 9.47 Å². The van der Waals surface area contributed by atoms with Gasteiger partial charge in [0.25, 0.3) is 0 Å². The average Bonchev–Trinajstić information content (AvgIpc) is 2.72. The molecule has 0 spiro atoms. The van der Waals surface area contributed by atoms with E-state index in [1.807, 2.05) is 60.7 Å². The molecule has 4 heteroatoms. The van der Waals surface area contributed by atoms with Crippen molar-refractivity contribution in [2.45, 2.75) is 6.61 Å². The van der Waals surface area contributed by atoms with E-state index in [4.69, 9.17) is 9.47 Å². The van der Waals surface area contributed by atoms with E-state index in [-0.39, 0.29) is 5.78 Å². The Morgan fingerprint density at radius 1 is 0.963 bits per heavy atom. The highest BCUT2D eigenvalue weighted by Gasteiger charge is 2.06. The van der Waals surface area contributed by atoms with Crippen molar-refractivity contribution in [1.82, 2.24) is 0 Å². The first kappa shape index (κ1) is 18.9. The third-order valence-corrected chi connectivity index (χ3v) is 4.51. The van der Waals surface area contributed by atoms with Gasteiger partial charge in [-0.2, -0.15) is 0 Å². The van der Waals surface area contributed by atoms with Gasteiger partial charge >= 0.3 is 0 Å². The van der Waals surface area contributed by atoms with Gasteiger partial charge in [-0.05, 0) is 53.6 Å². The Bertz CT molecular complexity index is 932. The predicted octanol–water partition coefficient (Wildman–Crippen LogP) is 5.93. The smallest absolute Gasteiger partial charge is 0.185 e. The molecule has 0 saturated carbocycles. The van der Waals surface area contributed by atoms with Crippen LogP contribution in [0.1, 0.15) is 21.5 Å². The van der Waals surface area contributed by atoms with Gasteiger partial charge in [0.05, 0.1) is 7.11 Å². The summed E-state index contributed by atoms with van der Waals surface area (Å²) in [5.74, 6) is 1.24. The molecule has 0 aliphatic rings. The summed E-state index contributed by atoms with van der Waals surface area (Å²) in [5.41, 5.74) is 2.59. The number of ether oxygens (including phenoxy) is 2. The van der Waals surface area contributed by atoms with Gasteiger partial charge in [-0.15, -0.1) is 0 Å². The van der Waals surface area contributed by atoms with Gasteiger partial charge in [-0.1, -0.05) is 58.4 Å². The van der Waals surface area contributed by atoms with Crippen molar-refractivity contribution in [3.8, 4) is 11.5 Å². The monoisotopic (exact) mass is 422 g/mol. The molecule has 3 aromatic rings. The number of carbonyl (C=O) groups excluding carboxylic acids is 1. The molecule has 0 aliphatic carbocycles. The van der Waals surface area contributed by atoms with Crippen LogP contribution in [0.5, 0.6) is 11.5 Å². The lowest BCUT2D eigenvalue weighted by atomic mass is 10.1. The van der Waals surface area contributed by atoms with E-state index in [1.54, 1.807) is 31.4 Å². The molecule has 0 atom stereocenters. The number of halogens is 1. The molecule has 0 heterocycles. The van der Waals surface area contributed by atoms with E-state index < -0.39 is 0 Å². The molecule has 0 saturated heterocycles. The number of benzene rings is 3. The fourth-order valence-electron chi connectivity index (χ4n) is 2.52. The van der Waals surface area contributed by atoms with Gasteiger partial charge in [-0.25, -0.2) is 0 Å². The maximum absolute atomic E-state index is 12.3. The fraction of sp³-hybridized carbons (Fsp3) is 0.0870. The number of rotatable bonds is 7. The largest absolute Gasteiger partial charge is 0.493 e. The van der Waals surface area contributed by atoms with Crippen LogP contribution in [0.3, 0.4) is 0 Å². The number of hydrogen-bond donors (Lipinski definition) is 0. The van der Waals surface area contributed by atoms with Crippen LogP contribution in [0.15, 0.2) is 83.3 Å². The Morgan fingerprint density at radius 3 is 2.41 bits per heavy atom. The van der Waals surface area contributed by atoms with Crippen LogP contribution in [0.2, 0.25) is 0 Å². The summed E-state index contributed by atoms with van der Waals surface area (Å²) >= 11 is 3.37. The van der Waals surface area contributed by atoms with Crippen molar-refractivity contribution in [2.75, 3.05) is 7.11 Å². The minimum absolute atomic E-state index is 0.0501. The number of ketones is 1. The van der Waals surface area contributed by atoms with Gasteiger partial charge < -0.3 is 9.47 Å². The standard InChI is InChI=1S/C23H19BrO3/c1-26-23-15-17(7-13-21(25)19-9-11-20(24)12-10-19)8-14-22(23)27-16-18-5-3-2-4-6-18/h2-15H,16H2,1H3/b13-7+. The first-order valence-electron chi connectivity index (χ1n) is 8.48. The van der Waals surface area contributed by atoms with Crippen LogP contribution in [0, 0.1) is 0 Å². The van der Waals surface area contributed by atoms with Crippen molar-refractivity contribution in [1.29, 1.82) is 0 Å². The molecule has 27 heavy (non-hydrogen) atoms. The number of carbonyl (C=O) groups is 1. The van der Waals surface area contributed by atoms with Crippen LogP contribution >= 0.6 is 15.9 Å². The molecular weight excluding hydrogens is 404 g/mol. The normalized spacial score (nSPS) is 10.7. The molecule has 0 aliphatic heterocycles. The van der Waals surface area contributed by atoms with E-state index in [2.05, 4.69) is 15.9 Å². The van der Waals surface area contributed by atoms with Crippen LogP contribution in [0.4, 0.5) is 0 Å². The minimum Gasteiger partial charge on any atom is -0.493 e. The zero-order chi connectivity index (χ0) is 19.1. The first-order chi connectivity index (χ1) is 13.2. The lowest BCUT2D eigenvalue weighted by Gasteiger charge is -2.11. The van der Waals surface area contributed by atoms with Crippen LogP contribution in [-0.4, -0.2) is 12.9 Å². The zero-order valence-corrected chi connectivity index (χ0v) is 16.5. The fourth-order valence-corrected chi connectivity index (χ4v) is 2.79. The Hall–Kier alpha value is -2.85. The molecule has 0 bridgehead atoms. The third kappa shape index (κ3) is 5.31. The molecule has 0 unspecified atom stereocenters. The maximum Gasteiger partial charge on any atom is 0.185 e. The Labute approximate surface area is 167 Å². The van der Waals surface area contributed by atoms with E-state index in [0.717, 1.165) is 15.6 Å². The first-order valence-corrected chi connectivity index (χ1v) is 9.28. The second-order valence-electron chi connectivity index (χ2n) is 5.89. The van der Waals surface area contributed by atoms with Crippen molar-refractivity contribution in [2.24, 2.45) is 0 Å². The second-order valence-corrected chi connectivity index (χ2v) is 6.80. The minimum atomic E-state index is -0.0501. The van der Waals surface area contributed by atoms with Gasteiger partial charge in [0, 0.05) is 10.0 Å². The van der Waals surface area contributed by atoms with Crippen molar-refractivity contribution in [3.05, 3.63) is 100 Å². The number of hydrogen-bond acceptors (Lipinski definition) is 3. The molecule has 136 valence electrons. The highest BCUT2D eigenvalue weighted by molar-refractivity contribution is 9.10. The van der Waals surface area contributed by atoms with Crippen LogP contribution in [-0.2, 0) is 6.61 Å². The van der Waals surface area contributed by atoms with E-state index in [9.17, 15) is 4.79 Å². The molecule has 3 rings (SSSR count). The molecule has 0 fully saturated rings. The SMILES string of the molecule is COc1cc(/C=C/C(=O)c2ccc(Br)cc2)ccc1OCc1ccccc1. The summed E-state index contributed by atoms with van der Waals surface area (Å²) in [7, 11) is 1.60. The second kappa shape index (κ2) is 9.19. The summed E-state index contributed by atoms with van der Waals surface area (Å²) < 4.78 is 12.2. The molecule has 3 aromatic carbocycles. The molecule has 0 radical (unpaired) electrons. The summed E-state index contributed by atoms with van der Waals surface area (Å²) in [6.07, 6.45) is 3.33. The zero-order valence-electron chi connectivity index (χ0n) is 14.9. The highest BCUT2D eigenvalue weighted by atomic mass is 79.9. The molecule has 0 aromatic heterocycles. The van der Waals surface area contributed by atoms with E-state index >= 15 is 0 Å². The summed E-state index contributed by atoms with van der Waals surface area (Å²) in [4.78, 5) is 12.3. The Balaban J connectivity index is 1.69. The summed E-state index contributed by atoms with van der Waals surface area (Å²) in [6, 6.07) is 22.8. The van der Waals surface area contributed by atoms with Crippen molar-refractivity contribution < 1.29 is 14.3 Å². The van der Waals surface area contributed by atoms with Gasteiger partial charge in [-0.3, -0.25) is 4.79 Å². The average molecular weight is 423 g/mol. The quantitative estimate of drug-likeness (QED) is 0.349. The summed E-state index contributed by atoms with van der Waals surface area (Å²) in [5, 5.41) is 0. The van der Waals surface area contributed by atoms with Crippen molar-refractivity contribution in [3.63, 3.8) is 0 Å². The molecular formula is C23H19BrO3. The Morgan fingerprint density at radius 2 is 1.70 bits per heavy atom. The Kier molecular flexibility index (Phi) is 6.44. The number of allylic oxidation sites excluding steroid dienone is 1. The van der Waals surface area contributed by atoms with E-state index in [1.165, 1.54) is 0 Å². The van der Waals surface area contributed by atoms with Gasteiger partial charge in [0.1, 0.15) is 6.61 Å². The number of methoxy groups -OCH3 is 1. The predicted molar refractivity (Wildman–Crippen MR) is 111 cm³/mol. The maximum atomic E-state index is 12.3. The summed E-state index contributed by atoms with van der Waals surface area (Å²) in [6.45, 7) is 0.467.